The van der Waals surface area contributed by atoms with E-state index in [1.807, 2.05) is 0 Å². The Morgan fingerprint density at radius 3 is 3.00 bits per heavy atom. The lowest BCUT2D eigenvalue weighted by atomic mass is 9.98. The van der Waals surface area contributed by atoms with Crippen molar-refractivity contribution >= 4 is 5.97 Å². The molecule has 0 saturated carbocycles. The van der Waals surface area contributed by atoms with Crippen molar-refractivity contribution in [3.8, 4) is 0 Å². The molecule has 1 aliphatic heterocycles. The van der Waals surface area contributed by atoms with Crippen LogP contribution in [0.15, 0.2) is 0 Å². The average molecular weight is 201 g/mol. The molecule has 0 aromatic rings. The summed E-state index contributed by atoms with van der Waals surface area (Å²) in [6.07, 6.45) is 1.58. The molecular weight excluding hydrogens is 182 g/mol. The van der Waals surface area contributed by atoms with Gasteiger partial charge in [-0.25, -0.2) is 0 Å². The lowest BCUT2D eigenvalue weighted by Gasteiger charge is -2.31. The summed E-state index contributed by atoms with van der Waals surface area (Å²) in [5.74, 6) is -0.132. The van der Waals surface area contributed by atoms with Crippen LogP contribution in [0, 0.1) is 5.92 Å². The summed E-state index contributed by atoms with van der Waals surface area (Å²) in [6, 6.07) is 0. The number of β-amino-alcohol motifs (C(OH)–C–C–N with tert-alkyl or cyclic N) is 1. The lowest BCUT2D eigenvalue weighted by Crippen LogP contribution is -2.42. The number of aliphatic hydroxyl groups is 1. The van der Waals surface area contributed by atoms with Crippen molar-refractivity contribution in [2.45, 2.75) is 25.9 Å². The first kappa shape index (κ1) is 11.5. The van der Waals surface area contributed by atoms with E-state index in [1.54, 1.807) is 6.92 Å². The third-order valence-corrected chi connectivity index (χ3v) is 2.56. The van der Waals surface area contributed by atoms with Crippen molar-refractivity contribution in [1.82, 2.24) is 4.90 Å². The highest BCUT2D eigenvalue weighted by Crippen LogP contribution is 2.17. The van der Waals surface area contributed by atoms with Crippen molar-refractivity contribution in [3.05, 3.63) is 0 Å². The number of rotatable bonds is 3. The number of piperidine rings is 1. The van der Waals surface area contributed by atoms with Crippen molar-refractivity contribution in [2.24, 2.45) is 5.92 Å². The molecule has 0 amide bonds. The molecule has 1 rings (SSSR count). The summed E-state index contributed by atoms with van der Waals surface area (Å²) in [5.41, 5.74) is 0. The summed E-state index contributed by atoms with van der Waals surface area (Å²) in [6.45, 7) is 4.10. The van der Waals surface area contributed by atoms with Crippen LogP contribution in [-0.2, 0) is 9.53 Å². The number of carbonyl (C=O) groups is 1. The molecule has 0 bridgehead atoms. The molecule has 1 heterocycles. The van der Waals surface area contributed by atoms with E-state index in [0.29, 0.717) is 6.54 Å². The van der Waals surface area contributed by atoms with Gasteiger partial charge in [0, 0.05) is 13.1 Å². The molecule has 0 aliphatic carbocycles. The molecule has 1 N–H and O–H groups in total. The largest absolute Gasteiger partial charge is 0.469 e. The van der Waals surface area contributed by atoms with Gasteiger partial charge < -0.3 is 9.84 Å². The molecule has 2 atom stereocenters. The maximum Gasteiger partial charge on any atom is 0.309 e. The van der Waals surface area contributed by atoms with Crippen LogP contribution >= 0.6 is 0 Å². The van der Waals surface area contributed by atoms with Gasteiger partial charge in [0.05, 0.1) is 19.1 Å². The Bertz CT molecular complexity index is 194. The third-order valence-electron chi connectivity index (χ3n) is 2.56. The molecule has 0 radical (unpaired) electrons. The highest BCUT2D eigenvalue weighted by molar-refractivity contribution is 5.72. The number of aliphatic hydroxyl groups excluding tert-OH is 1. The van der Waals surface area contributed by atoms with Gasteiger partial charge in [0.1, 0.15) is 0 Å². The van der Waals surface area contributed by atoms with Gasteiger partial charge in [0.2, 0.25) is 0 Å². The predicted molar refractivity (Wildman–Crippen MR) is 52.9 cm³/mol. The molecule has 1 saturated heterocycles. The zero-order valence-electron chi connectivity index (χ0n) is 8.90. The molecule has 14 heavy (non-hydrogen) atoms. The molecule has 4 nitrogen and oxygen atoms in total. The Labute approximate surface area is 84.8 Å². The maximum absolute atomic E-state index is 11.3. The Morgan fingerprint density at radius 1 is 1.71 bits per heavy atom. The first-order valence-electron chi connectivity index (χ1n) is 5.11. The van der Waals surface area contributed by atoms with Gasteiger partial charge in [-0.3, -0.25) is 9.69 Å². The molecule has 1 aliphatic rings. The number of hydrogen-bond acceptors (Lipinski definition) is 4. The maximum atomic E-state index is 11.3. The van der Waals surface area contributed by atoms with Crippen molar-refractivity contribution in [3.63, 3.8) is 0 Å². The Kier molecular flexibility index (Phi) is 4.35. The van der Waals surface area contributed by atoms with Crippen LogP contribution in [0.5, 0.6) is 0 Å². The predicted octanol–water partition coefficient (Wildman–Crippen LogP) is 0.252. The first-order chi connectivity index (χ1) is 6.63. The van der Waals surface area contributed by atoms with E-state index in [4.69, 9.17) is 4.74 Å². The standard InChI is InChI=1S/C10H19NO3/c1-8(12)6-11-5-3-4-9(7-11)10(13)14-2/h8-9,12H,3-7H2,1-2H3. The van der Waals surface area contributed by atoms with E-state index in [9.17, 15) is 9.90 Å². The van der Waals surface area contributed by atoms with E-state index in [1.165, 1.54) is 7.11 Å². The molecular formula is C10H19NO3. The van der Waals surface area contributed by atoms with E-state index in [-0.39, 0.29) is 18.0 Å². The second kappa shape index (κ2) is 5.32. The summed E-state index contributed by atoms with van der Waals surface area (Å²) in [5, 5.41) is 9.23. The topological polar surface area (TPSA) is 49.8 Å². The second-order valence-electron chi connectivity index (χ2n) is 3.97. The quantitative estimate of drug-likeness (QED) is 0.665. The summed E-state index contributed by atoms with van der Waals surface area (Å²) in [4.78, 5) is 13.4. The van der Waals surface area contributed by atoms with E-state index >= 15 is 0 Å². The van der Waals surface area contributed by atoms with Crippen LogP contribution in [0.2, 0.25) is 0 Å². The molecule has 0 aromatic heterocycles. The van der Waals surface area contributed by atoms with Gasteiger partial charge in [0.25, 0.3) is 0 Å². The van der Waals surface area contributed by atoms with Crippen molar-refractivity contribution < 1.29 is 14.6 Å². The summed E-state index contributed by atoms with van der Waals surface area (Å²) < 4.78 is 4.71. The van der Waals surface area contributed by atoms with Crippen molar-refractivity contribution in [1.29, 1.82) is 0 Å². The monoisotopic (exact) mass is 201 g/mol. The van der Waals surface area contributed by atoms with Gasteiger partial charge in [-0.05, 0) is 26.3 Å². The second-order valence-corrected chi connectivity index (χ2v) is 3.97. The van der Waals surface area contributed by atoms with Gasteiger partial charge in [-0.15, -0.1) is 0 Å². The fraction of sp³-hybridized carbons (Fsp3) is 0.900. The van der Waals surface area contributed by atoms with Crippen LogP contribution in [0.3, 0.4) is 0 Å². The number of hydrogen-bond donors (Lipinski definition) is 1. The van der Waals surface area contributed by atoms with E-state index in [2.05, 4.69) is 4.90 Å². The van der Waals surface area contributed by atoms with Crippen LogP contribution in [0.4, 0.5) is 0 Å². The number of carbonyl (C=O) groups excluding carboxylic acids is 1. The molecule has 4 heteroatoms. The molecule has 0 aromatic carbocycles. The van der Waals surface area contributed by atoms with Crippen molar-refractivity contribution in [2.75, 3.05) is 26.7 Å². The molecule has 0 spiro atoms. The van der Waals surface area contributed by atoms with Crippen LogP contribution in [0.1, 0.15) is 19.8 Å². The number of ether oxygens (including phenoxy) is 1. The zero-order valence-corrected chi connectivity index (χ0v) is 8.90. The number of likely N-dealkylation sites (tertiary alicyclic amines) is 1. The van der Waals surface area contributed by atoms with Gasteiger partial charge >= 0.3 is 5.97 Å². The number of nitrogens with zero attached hydrogens (tertiary/aromatic N) is 1. The lowest BCUT2D eigenvalue weighted by molar-refractivity contribution is -0.147. The minimum absolute atomic E-state index is 0.00694. The molecule has 2 unspecified atom stereocenters. The Morgan fingerprint density at radius 2 is 2.43 bits per heavy atom. The van der Waals surface area contributed by atoms with E-state index < -0.39 is 0 Å². The third kappa shape index (κ3) is 3.27. The summed E-state index contributed by atoms with van der Waals surface area (Å²) in [7, 11) is 1.43. The van der Waals surface area contributed by atoms with Gasteiger partial charge in [-0.1, -0.05) is 0 Å². The zero-order chi connectivity index (χ0) is 10.6. The van der Waals surface area contributed by atoms with E-state index in [0.717, 1.165) is 25.9 Å². The Balaban J connectivity index is 2.39. The normalized spacial score (nSPS) is 25.8. The Hall–Kier alpha value is -0.610. The fourth-order valence-electron chi connectivity index (χ4n) is 1.95. The number of esters is 1. The highest BCUT2D eigenvalue weighted by atomic mass is 16.5. The summed E-state index contributed by atoms with van der Waals surface area (Å²) >= 11 is 0. The minimum atomic E-state index is -0.327. The molecule has 1 fully saturated rings. The van der Waals surface area contributed by atoms with Crippen LogP contribution in [-0.4, -0.2) is 48.8 Å². The van der Waals surface area contributed by atoms with Gasteiger partial charge in [0.15, 0.2) is 0 Å². The van der Waals surface area contributed by atoms with Gasteiger partial charge in [-0.2, -0.15) is 0 Å². The van der Waals surface area contributed by atoms with Crippen LogP contribution in [0.25, 0.3) is 0 Å². The SMILES string of the molecule is COC(=O)C1CCCN(CC(C)O)C1. The smallest absolute Gasteiger partial charge is 0.309 e. The molecule has 82 valence electrons. The highest BCUT2D eigenvalue weighted by Gasteiger charge is 2.26. The fourth-order valence-corrected chi connectivity index (χ4v) is 1.95. The first-order valence-corrected chi connectivity index (χ1v) is 5.11. The van der Waals surface area contributed by atoms with Crippen LogP contribution < -0.4 is 0 Å². The average Bonchev–Trinajstić information content (AvgIpc) is 2.16. The number of methoxy groups -OCH3 is 1. The minimum Gasteiger partial charge on any atom is -0.469 e.